The minimum Gasteiger partial charge on any atom is -0.369 e. The molecular formula is C10H13Cl2N3. The van der Waals surface area contributed by atoms with Gasteiger partial charge in [0.15, 0.2) is 10.3 Å². The molecule has 0 amide bonds. The van der Waals surface area contributed by atoms with Crippen molar-refractivity contribution < 1.29 is 0 Å². The van der Waals surface area contributed by atoms with Gasteiger partial charge in [-0.1, -0.05) is 23.2 Å². The Bertz CT molecular complexity index is 353. The molecule has 1 heterocycles. The predicted molar refractivity (Wildman–Crippen MR) is 62.7 cm³/mol. The van der Waals surface area contributed by atoms with Crippen molar-refractivity contribution in [2.24, 2.45) is 5.92 Å². The molecule has 82 valence electrons. The summed E-state index contributed by atoms with van der Waals surface area (Å²) in [5, 5.41) is 8.35. The molecule has 0 spiro atoms. The molecule has 1 aliphatic carbocycles. The molecule has 5 heteroatoms. The second-order valence-corrected chi connectivity index (χ2v) is 4.57. The molecule has 1 aliphatic rings. The Morgan fingerprint density at radius 2 is 2.13 bits per heavy atom. The van der Waals surface area contributed by atoms with Crippen LogP contribution in [0.1, 0.15) is 19.8 Å². The first-order valence-corrected chi connectivity index (χ1v) is 5.90. The second-order valence-electron chi connectivity index (χ2n) is 3.83. The normalized spacial score (nSPS) is 15.4. The number of aromatic nitrogens is 2. The predicted octanol–water partition coefficient (Wildman–Crippen LogP) is 3.02. The number of halogens is 2. The smallest absolute Gasteiger partial charge is 0.175 e. The highest BCUT2D eigenvalue weighted by atomic mass is 35.5. The summed E-state index contributed by atoms with van der Waals surface area (Å²) in [6.45, 7) is 4.06. The van der Waals surface area contributed by atoms with E-state index in [1.54, 1.807) is 6.07 Å². The van der Waals surface area contributed by atoms with Crippen molar-refractivity contribution in [3.05, 3.63) is 16.4 Å². The van der Waals surface area contributed by atoms with Gasteiger partial charge in [-0.05, 0) is 25.7 Å². The molecule has 0 bridgehead atoms. The second kappa shape index (κ2) is 4.54. The molecule has 1 saturated carbocycles. The van der Waals surface area contributed by atoms with Crippen LogP contribution in [-0.2, 0) is 0 Å². The molecular weight excluding hydrogens is 233 g/mol. The van der Waals surface area contributed by atoms with E-state index in [0.717, 1.165) is 24.7 Å². The average molecular weight is 246 g/mol. The maximum atomic E-state index is 6.00. The summed E-state index contributed by atoms with van der Waals surface area (Å²) in [4.78, 5) is 2.21. The third kappa shape index (κ3) is 2.73. The van der Waals surface area contributed by atoms with E-state index in [-0.39, 0.29) is 0 Å². The van der Waals surface area contributed by atoms with Crippen molar-refractivity contribution in [3.63, 3.8) is 0 Å². The van der Waals surface area contributed by atoms with Crippen LogP contribution in [0.5, 0.6) is 0 Å². The number of rotatable bonds is 4. The summed E-state index contributed by atoms with van der Waals surface area (Å²) >= 11 is 11.8. The molecule has 0 aromatic carbocycles. The quantitative estimate of drug-likeness (QED) is 0.817. The molecule has 1 aromatic rings. The maximum Gasteiger partial charge on any atom is 0.175 e. The Kier molecular flexibility index (Phi) is 3.32. The fourth-order valence-electron chi connectivity index (χ4n) is 1.58. The largest absolute Gasteiger partial charge is 0.369 e. The van der Waals surface area contributed by atoms with Crippen LogP contribution in [0.3, 0.4) is 0 Å². The Hall–Kier alpha value is -0.540. The average Bonchev–Trinajstić information content (AvgIpc) is 3.02. The molecule has 2 rings (SSSR count). The van der Waals surface area contributed by atoms with Crippen LogP contribution in [0.4, 0.5) is 5.69 Å². The molecule has 1 aromatic heterocycles. The van der Waals surface area contributed by atoms with Crippen molar-refractivity contribution in [1.29, 1.82) is 0 Å². The van der Waals surface area contributed by atoms with Gasteiger partial charge in [-0.15, -0.1) is 10.2 Å². The van der Waals surface area contributed by atoms with Gasteiger partial charge >= 0.3 is 0 Å². The zero-order valence-corrected chi connectivity index (χ0v) is 10.1. The van der Waals surface area contributed by atoms with Crippen LogP contribution in [-0.4, -0.2) is 23.3 Å². The van der Waals surface area contributed by atoms with Crippen molar-refractivity contribution in [2.45, 2.75) is 19.8 Å². The van der Waals surface area contributed by atoms with E-state index in [1.807, 2.05) is 0 Å². The van der Waals surface area contributed by atoms with E-state index in [9.17, 15) is 0 Å². The first-order chi connectivity index (χ1) is 7.20. The van der Waals surface area contributed by atoms with Gasteiger partial charge in [0, 0.05) is 19.2 Å². The first-order valence-electron chi connectivity index (χ1n) is 5.14. The summed E-state index contributed by atoms with van der Waals surface area (Å²) in [6, 6.07) is 1.78. The van der Waals surface area contributed by atoms with Gasteiger partial charge in [0.1, 0.15) is 0 Å². The Labute approximate surface area is 99.4 Å². The van der Waals surface area contributed by atoms with Gasteiger partial charge in [0.25, 0.3) is 0 Å². The highest BCUT2D eigenvalue weighted by molar-refractivity contribution is 6.33. The van der Waals surface area contributed by atoms with Crippen molar-refractivity contribution >= 4 is 28.9 Å². The highest BCUT2D eigenvalue weighted by Crippen LogP contribution is 2.33. The van der Waals surface area contributed by atoms with Gasteiger partial charge in [-0.3, -0.25) is 0 Å². The van der Waals surface area contributed by atoms with Gasteiger partial charge in [-0.25, -0.2) is 0 Å². The molecule has 0 atom stereocenters. The summed E-state index contributed by atoms with van der Waals surface area (Å²) < 4.78 is 0. The lowest BCUT2D eigenvalue weighted by molar-refractivity contribution is 0.738. The van der Waals surface area contributed by atoms with E-state index in [2.05, 4.69) is 22.0 Å². The molecule has 1 fully saturated rings. The molecule has 15 heavy (non-hydrogen) atoms. The van der Waals surface area contributed by atoms with Gasteiger partial charge in [-0.2, -0.15) is 0 Å². The number of hydrogen-bond donors (Lipinski definition) is 0. The molecule has 0 unspecified atom stereocenters. The van der Waals surface area contributed by atoms with E-state index < -0.39 is 0 Å². The molecule has 0 saturated heterocycles. The summed E-state index contributed by atoms with van der Waals surface area (Å²) in [7, 11) is 0. The lowest BCUT2D eigenvalue weighted by Crippen LogP contribution is -2.25. The minimum absolute atomic E-state index is 0.392. The standard InChI is InChI=1S/C10H13Cl2N3/c1-2-15(6-7-3-4-7)8-5-9(11)13-14-10(8)12/h5,7H,2-4,6H2,1H3. The van der Waals surface area contributed by atoms with E-state index in [1.165, 1.54) is 12.8 Å². The zero-order valence-electron chi connectivity index (χ0n) is 8.58. The van der Waals surface area contributed by atoms with Crippen molar-refractivity contribution in [1.82, 2.24) is 10.2 Å². The van der Waals surface area contributed by atoms with Crippen LogP contribution in [0.2, 0.25) is 10.3 Å². The number of nitrogens with zero attached hydrogens (tertiary/aromatic N) is 3. The van der Waals surface area contributed by atoms with Crippen LogP contribution >= 0.6 is 23.2 Å². The van der Waals surface area contributed by atoms with Gasteiger partial charge in [0.2, 0.25) is 0 Å². The molecule has 0 radical (unpaired) electrons. The lowest BCUT2D eigenvalue weighted by atomic mass is 10.3. The highest BCUT2D eigenvalue weighted by Gasteiger charge is 2.25. The minimum atomic E-state index is 0.392. The Morgan fingerprint density at radius 1 is 1.40 bits per heavy atom. The lowest BCUT2D eigenvalue weighted by Gasteiger charge is -2.23. The molecule has 0 aliphatic heterocycles. The fourth-order valence-corrected chi connectivity index (χ4v) is 1.93. The van der Waals surface area contributed by atoms with Crippen molar-refractivity contribution in [3.8, 4) is 0 Å². The number of anilines is 1. The van der Waals surface area contributed by atoms with Crippen LogP contribution < -0.4 is 4.90 Å². The molecule has 3 nitrogen and oxygen atoms in total. The fraction of sp³-hybridized carbons (Fsp3) is 0.600. The topological polar surface area (TPSA) is 29.0 Å². The Balaban J connectivity index is 2.19. The van der Waals surface area contributed by atoms with Crippen LogP contribution in [0, 0.1) is 5.92 Å². The summed E-state index contributed by atoms with van der Waals surface area (Å²) in [6.07, 6.45) is 2.64. The Morgan fingerprint density at radius 3 is 2.73 bits per heavy atom. The summed E-state index contributed by atoms with van der Waals surface area (Å²) in [5.41, 5.74) is 0.895. The van der Waals surface area contributed by atoms with Gasteiger partial charge in [0.05, 0.1) is 5.69 Å². The van der Waals surface area contributed by atoms with E-state index in [0.29, 0.717) is 10.3 Å². The maximum absolute atomic E-state index is 6.00. The SMILES string of the molecule is CCN(CC1CC1)c1cc(Cl)nnc1Cl. The van der Waals surface area contributed by atoms with Crippen LogP contribution in [0.25, 0.3) is 0 Å². The van der Waals surface area contributed by atoms with E-state index in [4.69, 9.17) is 23.2 Å². The third-order valence-corrected chi connectivity index (χ3v) is 3.05. The van der Waals surface area contributed by atoms with Crippen molar-refractivity contribution in [2.75, 3.05) is 18.0 Å². The van der Waals surface area contributed by atoms with Gasteiger partial charge < -0.3 is 4.90 Å². The number of hydrogen-bond acceptors (Lipinski definition) is 3. The summed E-state index contributed by atoms with van der Waals surface area (Å²) in [5.74, 6) is 0.813. The zero-order chi connectivity index (χ0) is 10.8. The third-order valence-electron chi connectivity index (χ3n) is 2.60. The van der Waals surface area contributed by atoms with Crippen LogP contribution in [0.15, 0.2) is 6.07 Å². The molecule has 0 N–H and O–H groups in total. The first kappa shape index (κ1) is 11.0. The monoisotopic (exact) mass is 245 g/mol. The van der Waals surface area contributed by atoms with E-state index >= 15 is 0 Å².